The van der Waals surface area contributed by atoms with E-state index in [-0.39, 0.29) is 11.5 Å². The molecule has 2 rings (SSSR count). The lowest BCUT2D eigenvalue weighted by atomic mass is 9.83. The van der Waals surface area contributed by atoms with E-state index < -0.39 is 24.0 Å². The molecule has 4 heteroatoms. The van der Waals surface area contributed by atoms with E-state index in [2.05, 4.69) is 0 Å². The Morgan fingerprint density at radius 2 is 1.83 bits per heavy atom. The van der Waals surface area contributed by atoms with Crippen LogP contribution in [0.5, 0.6) is 0 Å². The number of carbonyl (C=O) groups is 1. The summed E-state index contributed by atoms with van der Waals surface area (Å²) < 4.78 is 27.6. The lowest BCUT2D eigenvalue weighted by molar-refractivity contribution is -0.136. The van der Waals surface area contributed by atoms with Crippen LogP contribution >= 0.6 is 0 Å². The van der Waals surface area contributed by atoms with Crippen molar-refractivity contribution < 1.29 is 18.7 Å². The highest BCUT2D eigenvalue weighted by Gasteiger charge is 2.21. The van der Waals surface area contributed by atoms with Crippen molar-refractivity contribution in [3.63, 3.8) is 0 Å². The van der Waals surface area contributed by atoms with Gasteiger partial charge in [-0.2, -0.15) is 0 Å². The van der Waals surface area contributed by atoms with Crippen LogP contribution in [0.4, 0.5) is 8.78 Å². The standard InChI is InChI=1S/C14H16F2O2/c15-12-8-11(9-4-2-1-3-5-9)13(16)6-10(12)7-14(17)18/h6,8-9H,1-5,7H2,(H,17,18). The van der Waals surface area contributed by atoms with E-state index in [4.69, 9.17) is 5.11 Å². The van der Waals surface area contributed by atoms with Crippen LogP contribution in [-0.4, -0.2) is 11.1 Å². The lowest BCUT2D eigenvalue weighted by Crippen LogP contribution is -2.09. The number of hydrogen-bond donors (Lipinski definition) is 1. The SMILES string of the molecule is O=C(O)Cc1cc(F)c(C2CCCCC2)cc1F. The molecule has 0 heterocycles. The lowest BCUT2D eigenvalue weighted by Gasteiger charge is -2.22. The summed E-state index contributed by atoms with van der Waals surface area (Å²) in [6, 6.07) is 2.22. The van der Waals surface area contributed by atoms with E-state index in [9.17, 15) is 13.6 Å². The molecule has 0 spiro atoms. The van der Waals surface area contributed by atoms with E-state index in [1.165, 1.54) is 6.07 Å². The van der Waals surface area contributed by atoms with Gasteiger partial charge >= 0.3 is 5.97 Å². The third kappa shape index (κ3) is 2.86. The van der Waals surface area contributed by atoms with E-state index in [1.807, 2.05) is 0 Å². The first kappa shape index (κ1) is 13.0. The zero-order chi connectivity index (χ0) is 13.1. The summed E-state index contributed by atoms with van der Waals surface area (Å²) in [5.41, 5.74) is 0.320. The maximum atomic E-state index is 13.9. The smallest absolute Gasteiger partial charge is 0.307 e. The van der Waals surface area contributed by atoms with Crippen LogP contribution in [0.25, 0.3) is 0 Å². The highest BCUT2D eigenvalue weighted by atomic mass is 19.1. The Bertz CT molecular complexity index is 451. The number of rotatable bonds is 3. The van der Waals surface area contributed by atoms with Crippen molar-refractivity contribution >= 4 is 5.97 Å². The molecular formula is C14H16F2O2. The molecule has 0 aliphatic heterocycles. The number of hydrogen-bond acceptors (Lipinski definition) is 1. The third-order valence-electron chi connectivity index (χ3n) is 3.55. The van der Waals surface area contributed by atoms with Crippen molar-refractivity contribution in [3.8, 4) is 0 Å². The number of benzene rings is 1. The second-order valence-corrected chi connectivity index (χ2v) is 4.87. The van der Waals surface area contributed by atoms with Crippen LogP contribution in [0.1, 0.15) is 49.1 Å². The van der Waals surface area contributed by atoms with Crippen molar-refractivity contribution in [3.05, 3.63) is 34.9 Å². The fraction of sp³-hybridized carbons (Fsp3) is 0.500. The summed E-state index contributed by atoms with van der Waals surface area (Å²) in [4.78, 5) is 10.5. The fourth-order valence-corrected chi connectivity index (χ4v) is 2.63. The molecule has 0 atom stereocenters. The van der Waals surface area contributed by atoms with E-state index in [0.717, 1.165) is 38.2 Å². The maximum Gasteiger partial charge on any atom is 0.307 e. The Morgan fingerprint density at radius 3 is 2.44 bits per heavy atom. The number of aliphatic carboxylic acids is 1. The quantitative estimate of drug-likeness (QED) is 0.894. The Morgan fingerprint density at radius 1 is 1.17 bits per heavy atom. The van der Waals surface area contributed by atoms with Gasteiger partial charge in [-0.1, -0.05) is 19.3 Å². The molecule has 0 unspecified atom stereocenters. The predicted molar refractivity (Wildman–Crippen MR) is 63.5 cm³/mol. The molecule has 0 bridgehead atoms. The van der Waals surface area contributed by atoms with Crippen molar-refractivity contribution in [1.29, 1.82) is 0 Å². The first-order chi connectivity index (χ1) is 8.58. The summed E-state index contributed by atoms with van der Waals surface area (Å²) in [6.07, 6.45) is 4.53. The average Bonchev–Trinajstić information content (AvgIpc) is 2.34. The third-order valence-corrected chi connectivity index (χ3v) is 3.55. The van der Waals surface area contributed by atoms with E-state index in [0.29, 0.717) is 5.56 Å². The van der Waals surface area contributed by atoms with Gasteiger partial charge in [-0.15, -0.1) is 0 Å². The van der Waals surface area contributed by atoms with Crippen LogP contribution < -0.4 is 0 Å². The zero-order valence-corrected chi connectivity index (χ0v) is 10.1. The average molecular weight is 254 g/mol. The van der Waals surface area contributed by atoms with Crippen LogP contribution in [0.15, 0.2) is 12.1 Å². The van der Waals surface area contributed by atoms with Crippen molar-refractivity contribution in [2.75, 3.05) is 0 Å². The van der Waals surface area contributed by atoms with Crippen molar-refractivity contribution in [2.24, 2.45) is 0 Å². The molecule has 0 radical (unpaired) electrons. The van der Waals surface area contributed by atoms with Crippen LogP contribution in [0.2, 0.25) is 0 Å². The van der Waals surface area contributed by atoms with Gasteiger partial charge in [0.05, 0.1) is 6.42 Å². The summed E-state index contributed by atoms with van der Waals surface area (Å²) in [5, 5.41) is 8.61. The molecular weight excluding hydrogens is 238 g/mol. The Hall–Kier alpha value is -1.45. The van der Waals surface area contributed by atoms with Gasteiger partial charge in [-0.3, -0.25) is 4.79 Å². The molecule has 1 aromatic rings. The molecule has 0 aromatic heterocycles. The molecule has 1 N–H and O–H groups in total. The van der Waals surface area contributed by atoms with Crippen LogP contribution in [0.3, 0.4) is 0 Å². The second-order valence-electron chi connectivity index (χ2n) is 4.87. The topological polar surface area (TPSA) is 37.3 Å². The summed E-state index contributed by atoms with van der Waals surface area (Å²) in [7, 11) is 0. The number of carboxylic acids is 1. The van der Waals surface area contributed by atoms with Gasteiger partial charge in [0.1, 0.15) is 11.6 Å². The summed E-state index contributed by atoms with van der Waals surface area (Å²) in [5.74, 6) is -2.16. The minimum atomic E-state index is -1.15. The second kappa shape index (κ2) is 5.46. The Labute approximate surface area is 105 Å². The van der Waals surface area contributed by atoms with Gasteiger partial charge in [0.25, 0.3) is 0 Å². The van der Waals surface area contributed by atoms with Gasteiger partial charge in [0.2, 0.25) is 0 Å². The first-order valence-electron chi connectivity index (χ1n) is 6.27. The minimum absolute atomic E-state index is 0.0760. The summed E-state index contributed by atoms with van der Waals surface area (Å²) in [6.45, 7) is 0. The van der Waals surface area contributed by atoms with E-state index >= 15 is 0 Å². The Kier molecular flexibility index (Phi) is 3.94. The molecule has 1 aliphatic carbocycles. The largest absolute Gasteiger partial charge is 0.481 e. The van der Waals surface area contributed by atoms with Gasteiger partial charge in [-0.05, 0) is 36.5 Å². The molecule has 18 heavy (non-hydrogen) atoms. The molecule has 98 valence electrons. The molecule has 0 saturated heterocycles. The normalized spacial score (nSPS) is 16.8. The number of halogens is 2. The molecule has 1 saturated carbocycles. The molecule has 1 aliphatic rings. The predicted octanol–water partition coefficient (Wildman–Crippen LogP) is 3.64. The monoisotopic (exact) mass is 254 g/mol. The summed E-state index contributed by atoms with van der Waals surface area (Å²) >= 11 is 0. The van der Waals surface area contributed by atoms with E-state index in [1.54, 1.807) is 0 Å². The van der Waals surface area contributed by atoms with Gasteiger partial charge in [0.15, 0.2) is 0 Å². The first-order valence-corrected chi connectivity index (χ1v) is 6.27. The molecule has 2 nitrogen and oxygen atoms in total. The van der Waals surface area contributed by atoms with Gasteiger partial charge in [-0.25, -0.2) is 8.78 Å². The van der Waals surface area contributed by atoms with Gasteiger partial charge < -0.3 is 5.11 Å². The van der Waals surface area contributed by atoms with Crippen LogP contribution in [0, 0.1) is 11.6 Å². The van der Waals surface area contributed by atoms with Crippen molar-refractivity contribution in [1.82, 2.24) is 0 Å². The Balaban J connectivity index is 2.26. The highest BCUT2D eigenvalue weighted by Crippen LogP contribution is 2.34. The molecule has 1 fully saturated rings. The maximum absolute atomic E-state index is 13.9. The molecule has 0 amide bonds. The zero-order valence-electron chi connectivity index (χ0n) is 10.1. The van der Waals surface area contributed by atoms with Gasteiger partial charge in [0, 0.05) is 5.56 Å². The van der Waals surface area contributed by atoms with Crippen LogP contribution in [-0.2, 0) is 11.2 Å². The molecule has 1 aromatic carbocycles. The number of carboxylic acid groups (broad SMARTS) is 1. The minimum Gasteiger partial charge on any atom is -0.481 e. The fourth-order valence-electron chi connectivity index (χ4n) is 2.63. The highest BCUT2D eigenvalue weighted by molar-refractivity contribution is 5.70. The van der Waals surface area contributed by atoms with Crippen molar-refractivity contribution in [2.45, 2.75) is 44.4 Å².